The van der Waals surface area contributed by atoms with Crippen molar-refractivity contribution in [2.24, 2.45) is 11.8 Å². The summed E-state index contributed by atoms with van der Waals surface area (Å²) in [7, 11) is 0. The van der Waals surface area contributed by atoms with Gasteiger partial charge in [-0.1, -0.05) is 90.9 Å². The molecule has 0 bridgehead atoms. The van der Waals surface area contributed by atoms with Gasteiger partial charge in [0, 0.05) is 12.5 Å². The van der Waals surface area contributed by atoms with E-state index in [1.807, 2.05) is 0 Å². The van der Waals surface area contributed by atoms with Crippen LogP contribution in [0.1, 0.15) is 104 Å². The maximum absolute atomic E-state index is 12.3. The third-order valence-corrected chi connectivity index (χ3v) is 5.86. The number of likely N-dealkylation sites (tertiary alicyclic amines) is 1. The predicted octanol–water partition coefficient (Wildman–Crippen LogP) is 5.65. The van der Waals surface area contributed by atoms with Gasteiger partial charge < -0.3 is 10.0 Å². The second-order valence-electron chi connectivity index (χ2n) is 8.20. The van der Waals surface area contributed by atoms with Gasteiger partial charge in [0.1, 0.15) is 6.54 Å². The number of rotatable bonds is 16. The van der Waals surface area contributed by atoms with Gasteiger partial charge in [0.2, 0.25) is 5.91 Å². The van der Waals surface area contributed by atoms with Crippen molar-refractivity contribution in [1.82, 2.24) is 4.90 Å². The molecule has 2 atom stereocenters. The predicted molar refractivity (Wildman–Crippen MR) is 107 cm³/mol. The summed E-state index contributed by atoms with van der Waals surface area (Å²) in [5, 5.41) is 8.85. The van der Waals surface area contributed by atoms with E-state index >= 15 is 0 Å². The Hall–Kier alpha value is -1.06. The first-order valence-electron chi connectivity index (χ1n) is 11.1. The highest BCUT2D eigenvalue weighted by atomic mass is 16.4. The third-order valence-electron chi connectivity index (χ3n) is 5.86. The van der Waals surface area contributed by atoms with Crippen molar-refractivity contribution in [3.8, 4) is 0 Å². The molecule has 0 radical (unpaired) electrons. The molecule has 26 heavy (non-hydrogen) atoms. The first-order valence-corrected chi connectivity index (χ1v) is 11.1. The number of carboxylic acids is 1. The van der Waals surface area contributed by atoms with Gasteiger partial charge in [0.05, 0.1) is 0 Å². The van der Waals surface area contributed by atoms with Gasteiger partial charge in [-0.2, -0.15) is 0 Å². The molecule has 2 unspecified atom stereocenters. The third kappa shape index (κ3) is 9.59. The molecule has 0 aromatic heterocycles. The van der Waals surface area contributed by atoms with E-state index < -0.39 is 5.97 Å². The Kier molecular flexibility index (Phi) is 12.4. The van der Waals surface area contributed by atoms with Crippen molar-refractivity contribution in [2.45, 2.75) is 104 Å². The summed E-state index contributed by atoms with van der Waals surface area (Å²) in [6.07, 6.45) is 18.1. The summed E-state index contributed by atoms with van der Waals surface area (Å²) >= 11 is 0. The number of nitrogens with zero attached hydrogens (tertiary/aromatic N) is 1. The topological polar surface area (TPSA) is 57.6 Å². The van der Waals surface area contributed by atoms with Crippen molar-refractivity contribution in [3.05, 3.63) is 0 Å². The molecule has 4 heteroatoms. The molecular weight excluding hydrogens is 326 g/mol. The number of carbonyl (C=O) groups excluding carboxylic acids is 1. The minimum Gasteiger partial charge on any atom is -0.480 e. The molecule has 0 aromatic carbocycles. The van der Waals surface area contributed by atoms with E-state index in [1.54, 1.807) is 0 Å². The smallest absolute Gasteiger partial charge is 0.323 e. The summed E-state index contributed by atoms with van der Waals surface area (Å²) in [4.78, 5) is 24.5. The lowest BCUT2D eigenvalue weighted by Gasteiger charge is -2.19. The van der Waals surface area contributed by atoms with E-state index in [0.717, 1.165) is 12.8 Å². The fourth-order valence-electron chi connectivity index (χ4n) is 4.12. The summed E-state index contributed by atoms with van der Waals surface area (Å²) < 4.78 is 0. The second kappa shape index (κ2) is 14.1. The Morgan fingerprint density at radius 1 is 1.00 bits per heavy atom. The molecule has 1 aliphatic heterocycles. The largest absolute Gasteiger partial charge is 0.480 e. The van der Waals surface area contributed by atoms with Crippen LogP contribution in [0.2, 0.25) is 0 Å². The van der Waals surface area contributed by atoms with Crippen LogP contribution in [0.15, 0.2) is 0 Å². The number of hydrogen-bond donors (Lipinski definition) is 1. The van der Waals surface area contributed by atoms with Crippen LogP contribution in [0.3, 0.4) is 0 Å². The van der Waals surface area contributed by atoms with E-state index in [2.05, 4.69) is 13.8 Å². The summed E-state index contributed by atoms with van der Waals surface area (Å²) in [5.41, 5.74) is 0. The van der Waals surface area contributed by atoms with Gasteiger partial charge in [0.15, 0.2) is 0 Å². The molecule has 1 fully saturated rings. The highest BCUT2D eigenvalue weighted by Gasteiger charge is 2.35. The van der Waals surface area contributed by atoms with Crippen LogP contribution in [0, 0.1) is 11.8 Å². The standard InChI is InChI=1S/C22H41NO3/c1-3-4-5-6-7-8-9-10-11-12-13-14-15-19(2)20-16-17-23(22(20)26)18-21(24)25/h19-20H,3-18H2,1-2H3,(H,24,25). The number of carbonyl (C=O) groups is 2. The zero-order chi connectivity index (χ0) is 19.2. The van der Waals surface area contributed by atoms with Gasteiger partial charge in [0.25, 0.3) is 0 Å². The zero-order valence-corrected chi connectivity index (χ0v) is 17.2. The van der Waals surface area contributed by atoms with Crippen LogP contribution in [0.25, 0.3) is 0 Å². The highest BCUT2D eigenvalue weighted by Crippen LogP contribution is 2.29. The lowest BCUT2D eigenvalue weighted by atomic mass is 9.88. The fourth-order valence-corrected chi connectivity index (χ4v) is 4.12. The maximum Gasteiger partial charge on any atom is 0.323 e. The minimum absolute atomic E-state index is 0.0436. The quantitative estimate of drug-likeness (QED) is 0.359. The lowest BCUT2D eigenvalue weighted by molar-refractivity contribution is -0.144. The summed E-state index contributed by atoms with van der Waals surface area (Å²) in [5.74, 6) is -0.432. The van der Waals surface area contributed by atoms with Crippen molar-refractivity contribution < 1.29 is 14.7 Å². The molecule has 1 aliphatic rings. The first kappa shape index (κ1) is 23.0. The Bertz CT molecular complexity index is 397. The average molecular weight is 368 g/mol. The molecule has 0 aromatic rings. The van der Waals surface area contributed by atoms with Crippen molar-refractivity contribution in [2.75, 3.05) is 13.1 Å². The zero-order valence-electron chi connectivity index (χ0n) is 17.2. The molecule has 1 heterocycles. The van der Waals surface area contributed by atoms with Crippen LogP contribution in [-0.2, 0) is 9.59 Å². The minimum atomic E-state index is -0.910. The monoisotopic (exact) mass is 367 g/mol. The summed E-state index contributed by atoms with van der Waals surface area (Å²) in [6.45, 7) is 4.89. The Balaban J connectivity index is 1.96. The van der Waals surface area contributed by atoms with Crippen molar-refractivity contribution in [1.29, 1.82) is 0 Å². The fraction of sp³-hybridized carbons (Fsp3) is 0.909. The van der Waals surface area contributed by atoms with Gasteiger partial charge in [-0.3, -0.25) is 9.59 Å². The van der Waals surface area contributed by atoms with E-state index in [9.17, 15) is 9.59 Å². The van der Waals surface area contributed by atoms with Crippen LogP contribution < -0.4 is 0 Å². The Morgan fingerprint density at radius 3 is 2.00 bits per heavy atom. The number of amides is 1. The Labute approximate surface area is 160 Å². The van der Waals surface area contributed by atoms with Crippen molar-refractivity contribution >= 4 is 11.9 Å². The molecular formula is C22H41NO3. The Morgan fingerprint density at radius 2 is 1.50 bits per heavy atom. The maximum atomic E-state index is 12.3. The van der Waals surface area contributed by atoms with E-state index in [1.165, 1.54) is 81.9 Å². The molecule has 152 valence electrons. The van der Waals surface area contributed by atoms with Crippen LogP contribution >= 0.6 is 0 Å². The molecule has 0 spiro atoms. The van der Waals surface area contributed by atoms with E-state index in [4.69, 9.17) is 5.11 Å². The molecule has 1 rings (SSSR count). The molecule has 0 aliphatic carbocycles. The number of unbranched alkanes of at least 4 members (excludes halogenated alkanes) is 11. The van der Waals surface area contributed by atoms with Gasteiger partial charge >= 0.3 is 5.97 Å². The van der Waals surface area contributed by atoms with Gasteiger partial charge in [-0.25, -0.2) is 0 Å². The van der Waals surface area contributed by atoms with E-state index in [0.29, 0.717) is 12.5 Å². The number of aliphatic carboxylic acids is 1. The average Bonchev–Trinajstić information content (AvgIpc) is 2.96. The van der Waals surface area contributed by atoms with Gasteiger partial charge in [-0.05, 0) is 18.8 Å². The van der Waals surface area contributed by atoms with Crippen LogP contribution in [-0.4, -0.2) is 35.0 Å². The lowest BCUT2D eigenvalue weighted by Crippen LogP contribution is -2.33. The van der Waals surface area contributed by atoms with E-state index in [-0.39, 0.29) is 18.4 Å². The first-order chi connectivity index (χ1) is 12.6. The molecule has 1 amide bonds. The number of carboxylic acid groups (broad SMARTS) is 1. The second-order valence-corrected chi connectivity index (χ2v) is 8.20. The number of hydrogen-bond acceptors (Lipinski definition) is 2. The molecule has 0 saturated carbocycles. The van der Waals surface area contributed by atoms with Gasteiger partial charge in [-0.15, -0.1) is 0 Å². The molecule has 1 saturated heterocycles. The summed E-state index contributed by atoms with van der Waals surface area (Å²) in [6, 6.07) is 0. The molecule has 4 nitrogen and oxygen atoms in total. The highest BCUT2D eigenvalue weighted by molar-refractivity contribution is 5.84. The van der Waals surface area contributed by atoms with Crippen LogP contribution in [0.5, 0.6) is 0 Å². The molecule has 1 N–H and O–H groups in total. The normalized spacial score (nSPS) is 18.5. The van der Waals surface area contributed by atoms with Crippen molar-refractivity contribution in [3.63, 3.8) is 0 Å². The van der Waals surface area contributed by atoms with Crippen LogP contribution in [0.4, 0.5) is 0 Å². The SMILES string of the molecule is CCCCCCCCCCCCCCC(C)C1CCN(CC(=O)O)C1=O.